The zero-order chi connectivity index (χ0) is 13.8. The van der Waals surface area contributed by atoms with Crippen LogP contribution >= 0.6 is 0 Å². The normalized spacial score (nSPS) is 19.3. The summed E-state index contributed by atoms with van der Waals surface area (Å²) in [6, 6.07) is 6.72. The Morgan fingerprint density at radius 1 is 1.37 bits per heavy atom. The summed E-state index contributed by atoms with van der Waals surface area (Å²) in [6.07, 6.45) is 2.65. The molecule has 1 saturated heterocycles. The molecule has 1 heterocycles. The molecule has 0 spiro atoms. The highest BCUT2D eigenvalue weighted by Gasteiger charge is 2.27. The van der Waals surface area contributed by atoms with Crippen molar-refractivity contribution in [2.75, 3.05) is 13.1 Å². The van der Waals surface area contributed by atoms with E-state index in [0.29, 0.717) is 12.0 Å². The largest absolute Gasteiger partial charge is 0.300 e. The molecule has 0 aromatic heterocycles. The SMILES string of the molecule is CC(=O)CC(c1ccccc1F)N1CCC(C)CC1. The number of benzene rings is 1. The number of carbonyl (C=O) groups is 1. The first-order valence-corrected chi connectivity index (χ1v) is 7.06. The second-order valence-corrected chi connectivity index (χ2v) is 5.66. The van der Waals surface area contributed by atoms with Gasteiger partial charge in [-0.15, -0.1) is 0 Å². The van der Waals surface area contributed by atoms with E-state index < -0.39 is 0 Å². The summed E-state index contributed by atoms with van der Waals surface area (Å²) in [4.78, 5) is 13.8. The van der Waals surface area contributed by atoms with Gasteiger partial charge in [-0.25, -0.2) is 4.39 Å². The summed E-state index contributed by atoms with van der Waals surface area (Å²) < 4.78 is 14.0. The predicted octanol–water partition coefficient (Wildman–Crippen LogP) is 3.58. The lowest BCUT2D eigenvalue weighted by molar-refractivity contribution is -0.118. The van der Waals surface area contributed by atoms with Crippen molar-refractivity contribution < 1.29 is 9.18 Å². The van der Waals surface area contributed by atoms with E-state index in [2.05, 4.69) is 11.8 Å². The lowest BCUT2D eigenvalue weighted by Crippen LogP contribution is -2.37. The number of likely N-dealkylation sites (tertiary alicyclic amines) is 1. The van der Waals surface area contributed by atoms with Gasteiger partial charge >= 0.3 is 0 Å². The van der Waals surface area contributed by atoms with Gasteiger partial charge in [-0.1, -0.05) is 25.1 Å². The summed E-state index contributed by atoms with van der Waals surface area (Å²) in [5, 5.41) is 0. The van der Waals surface area contributed by atoms with Gasteiger partial charge in [0.1, 0.15) is 11.6 Å². The van der Waals surface area contributed by atoms with Crippen LogP contribution in [0.1, 0.15) is 44.7 Å². The standard InChI is InChI=1S/C16H22FNO/c1-12-7-9-18(10-8-12)16(11-13(2)19)14-5-3-4-6-15(14)17/h3-6,12,16H,7-11H2,1-2H3. The van der Waals surface area contributed by atoms with E-state index in [1.807, 2.05) is 6.07 Å². The first kappa shape index (κ1) is 14.2. The van der Waals surface area contributed by atoms with Crippen molar-refractivity contribution in [1.82, 2.24) is 4.90 Å². The zero-order valence-corrected chi connectivity index (χ0v) is 11.7. The topological polar surface area (TPSA) is 20.3 Å². The van der Waals surface area contributed by atoms with Crippen LogP contribution in [0.25, 0.3) is 0 Å². The Balaban J connectivity index is 2.21. The van der Waals surface area contributed by atoms with Crippen LogP contribution < -0.4 is 0 Å². The molecule has 2 rings (SSSR count). The van der Waals surface area contributed by atoms with Crippen molar-refractivity contribution in [2.45, 2.75) is 39.2 Å². The number of halogens is 1. The number of hydrogen-bond donors (Lipinski definition) is 0. The van der Waals surface area contributed by atoms with Crippen molar-refractivity contribution in [2.24, 2.45) is 5.92 Å². The van der Waals surface area contributed by atoms with Gasteiger partial charge in [0.2, 0.25) is 0 Å². The summed E-state index contributed by atoms with van der Waals surface area (Å²) in [6.45, 7) is 5.74. The molecule has 1 atom stereocenters. The molecule has 2 nitrogen and oxygen atoms in total. The minimum absolute atomic E-state index is 0.105. The first-order chi connectivity index (χ1) is 9.08. The summed E-state index contributed by atoms with van der Waals surface area (Å²) in [5.74, 6) is 0.647. The molecule has 1 unspecified atom stereocenters. The Morgan fingerprint density at radius 3 is 2.58 bits per heavy atom. The number of piperidine rings is 1. The van der Waals surface area contributed by atoms with Crippen LogP contribution in [0, 0.1) is 11.7 Å². The van der Waals surface area contributed by atoms with Gasteiger partial charge < -0.3 is 0 Å². The lowest BCUT2D eigenvalue weighted by Gasteiger charge is -2.36. The Morgan fingerprint density at radius 2 is 2.00 bits per heavy atom. The number of nitrogens with zero attached hydrogens (tertiary/aromatic N) is 1. The molecule has 0 saturated carbocycles. The van der Waals surface area contributed by atoms with E-state index in [4.69, 9.17) is 0 Å². The van der Waals surface area contributed by atoms with Gasteiger partial charge in [-0.2, -0.15) is 0 Å². The van der Waals surface area contributed by atoms with Crippen molar-refractivity contribution in [3.63, 3.8) is 0 Å². The molecule has 0 bridgehead atoms. The molecule has 0 aliphatic carbocycles. The molecule has 0 radical (unpaired) electrons. The highest BCUT2D eigenvalue weighted by molar-refractivity contribution is 5.76. The molecular formula is C16H22FNO. The highest BCUT2D eigenvalue weighted by Crippen LogP contribution is 2.30. The van der Waals surface area contributed by atoms with Crippen molar-refractivity contribution in [3.8, 4) is 0 Å². The molecule has 1 aromatic carbocycles. The second kappa shape index (κ2) is 6.29. The Hall–Kier alpha value is -1.22. The van der Waals surface area contributed by atoms with Gasteiger partial charge in [0.25, 0.3) is 0 Å². The molecule has 0 amide bonds. The van der Waals surface area contributed by atoms with E-state index in [-0.39, 0.29) is 17.6 Å². The minimum atomic E-state index is -0.202. The van der Waals surface area contributed by atoms with Crippen LogP contribution in [0.3, 0.4) is 0 Å². The Kier molecular flexibility index (Phi) is 4.70. The van der Waals surface area contributed by atoms with Gasteiger partial charge in [0, 0.05) is 18.0 Å². The number of carbonyl (C=O) groups excluding carboxylic acids is 1. The molecular weight excluding hydrogens is 241 g/mol. The maximum Gasteiger partial charge on any atom is 0.131 e. The van der Waals surface area contributed by atoms with Crippen molar-refractivity contribution in [3.05, 3.63) is 35.6 Å². The monoisotopic (exact) mass is 263 g/mol. The van der Waals surface area contributed by atoms with Crippen LogP contribution in [0.15, 0.2) is 24.3 Å². The quantitative estimate of drug-likeness (QED) is 0.827. The fraction of sp³-hybridized carbons (Fsp3) is 0.562. The summed E-state index contributed by atoms with van der Waals surface area (Å²) in [5.41, 5.74) is 0.659. The fourth-order valence-electron chi connectivity index (χ4n) is 2.79. The third-order valence-corrected chi connectivity index (χ3v) is 4.00. The average molecular weight is 263 g/mol. The van der Waals surface area contributed by atoms with Gasteiger partial charge in [0.15, 0.2) is 0 Å². The molecule has 19 heavy (non-hydrogen) atoms. The number of hydrogen-bond acceptors (Lipinski definition) is 2. The van der Waals surface area contributed by atoms with Crippen LogP contribution in [0.2, 0.25) is 0 Å². The zero-order valence-electron chi connectivity index (χ0n) is 11.7. The van der Waals surface area contributed by atoms with Gasteiger partial charge in [-0.3, -0.25) is 9.69 Å². The lowest BCUT2D eigenvalue weighted by atomic mass is 9.93. The molecule has 1 aromatic rings. The number of ketones is 1. The van der Waals surface area contributed by atoms with Crippen molar-refractivity contribution >= 4 is 5.78 Å². The van der Waals surface area contributed by atoms with Crippen LogP contribution in [0.5, 0.6) is 0 Å². The maximum absolute atomic E-state index is 14.0. The van der Waals surface area contributed by atoms with Crippen LogP contribution in [-0.2, 0) is 4.79 Å². The van der Waals surface area contributed by atoms with Gasteiger partial charge in [-0.05, 0) is 44.8 Å². The minimum Gasteiger partial charge on any atom is -0.300 e. The van der Waals surface area contributed by atoms with E-state index in [9.17, 15) is 9.18 Å². The number of rotatable bonds is 4. The average Bonchev–Trinajstić information content (AvgIpc) is 2.38. The fourth-order valence-corrected chi connectivity index (χ4v) is 2.79. The molecule has 1 fully saturated rings. The van der Waals surface area contributed by atoms with Crippen LogP contribution in [-0.4, -0.2) is 23.8 Å². The second-order valence-electron chi connectivity index (χ2n) is 5.66. The third-order valence-electron chi connectivity index (χ3n) is 4.00. The summed E-state index contributed by atoms with van der Waals surface area (Å²) in [7, 11) is 0. The maximum atomic E-state index is 14.0. The molecule has 3 heteroatoms. The summed E-state index contributed by atoms with van der Waals surface area (Å²) >= 11 is 0. The molecule has 104 valence electrons. The van der Waals surface area contributed by atoms with Crippen LogP contribution in [0.4, 0.5) is 4.39 Å². The molecule has 1 aliphatic heterocycles. The third kappa shape index (κ3) is 3.63. The smallest absolute Gasteiger partial charge is 0.131 e. The van der Waals surface area contributed by atoms with E-state index in [1.165, 1.54) is 6.07 Å². The Bertz CT molecular complexity index is 438. The number of Topliss-reactive ketones (excluding diaryl/α,β-unsaturated/α-hetero) is 1. The van der Waals surface area contributed by atoms with E-state index in [0.717, 1.165) is 31.8 Å². The highest BCUT2D eigenvalue weighted by atomic mass is 19.1. The Labute approximate surface area is 114 Å². The van der Waals surface area contributed by atoms with Crippen molar-refractivity contribution in [1.29, 1.82) is 0 Å². The molecule has 1 aliphatic rings. The van der Waals surface area contributed by atoms with E-state index in [1.54, 1.807) is 19.1 Å². The first-order valence-electron chi connectivity index (χ1n) is 7.06. The molecule has 0 N–H and O–H groups in total. The predicted molar refractivity (Wildman–Crippen MR) is 74.4 cm³/mol. The van der Waals surface area contributed by atoms with E-state index >= 15 is 0 Å². The van der Waals surface area contributed by atoms with Gasteiger partial charge in [0.05, 0.1) is 0 Å².